The Bertz CT molecular complexity index is 848. The van der Waals surface area contributed by atoms with Crippen LogP contribution in [0.2, 0.25) is 0 Å². The van der Waals surface area contributed by atoms with E-state index in [1.807, 2.05) is 6.08 Å². The van der Waals surface area contributed by atoms with Crippen LogP contribution in [0.1, 0.15) is 55.9 Å². The third-order valence-corrected chi connectivity index (χ3v) is 5.45. The van der Waals surface area contributed by atoms with Gasteiger partial charge in [0.25, 0.3) is 5.92 Å². The molecule has 1 fully saturated rings. The molecule has 1 aliphatic heterocycles. The van der Waals surface area contributed by atoms with E-state index in [0.29, 0.717) is 17.6 Å². The first-order chi connectivity index (χ1) is 12.8. The summed E-state index contributed by atoms with van der Waals surface area (Å²) in [6.45, 7) is 9.73. The lowest BCUT2D eigenvalue weighted by Gasteiger charge is -2.21. The minimum Gasteiger partial charge on any atom is -0.360 e. The predicted molar refractivity (Wildman–Crippen MR) is 106 cm³/mol. The molecular formula is C23H27F2NO. The van der Waals surface area contributed by atoms with Gasteiger partial charge in [-0.05, 0) is 60.6 Å². The fraction of sp³-hybridized carbons (Fsp3) is 0.435. The molecular weight excluding hydrogens is 344 g/mol. The van der Waals surface area contributed by atoms with Gasteiger partial charge in [0.05, 0.1) is 0 Å². The van der Waals surface area contributed by atoms with Crippen molar-refractivity contribution in [3.05, 3.63) is 64.4 Å². The quantitative estimate of drug-likeness (QED) is 0.698. The van der Waals surface area contributed by atoms with Crippen molar-refractivity contribution in [2.75, 3.05) is 0 Å². The molecule has 0 saturated heterocycles. The van der Waals surface area contributed by atoms with Crippen LogP contribution in [-0.4, -0.2) is 11.7 Å². The molecule has 1 saturated carbocycles. The van der Waals surface area contributed by atoms with Crippen LogP contribution in [0, 0.1) is 5.92 Å². The van der Waals surface area contributed by atoms with Gasteiger partial charge in [-0.1, -0.05) is 32.9 Å². The minimum absolute atomic E-state index is 0.0291. The van der Waals surface area contributed by atoms with Crippen LogP contribution in [0.25, 0.3) is 5.70 Å². The van der Waals surface area contributed by atoms with Gasteiger partial charge in [-0.2, -0.15) is 0 Å². The predicted octanol–water partition coefficient (Wildman–Crippen LogP) is 5.37. The first-order valence-electron chi connectivity index (χ1n) is 9.68. The van der Waals surface area contributed by atoms with Gasteiger partial charge < -0.3 is 5.32 Å². The lowest BCUT2D eigenvalue weighted by atomic mass is 9.89. The summed E-state index contributed by atoms with van der Waals surface area (Å²) >= 11 is 0. The standard InChI is InChI=1S/C23H27F2NO/c1-5-7-17-9-18(10-19-12-23(19,24)25)20(11-16(17)6-2)22-8-14(3)21(13-26-22)15(4)27/h8-9,11,13,19,26H,3,5-7,10,12H2,1-2,4H3. The van der Waals surface area contributed by atoms with E-state index in [4.69, 9.17) is 0 Å². The summed E-state index contributed by atoms with van der Waals surface area (Å²) in [6.07, 6.45) is 6.72. The molecule has 1 atom stereocenters. The third kappa shape index (κ3) is 4.05. The van der Waals surface area contributed by atoms with Crippen molar-refractivity contribution in [1.29, 1.82) is 0 Å². The number of halogens is 2. The van der Waals surface area contributed by atoms with Crippen LogP contribution in [0.5, 0.6) is 0 Å². The number of aryl methyl sites for hydroxylation is 2. The molecule has 1 aromatic rings. The molecule has 0 spiro atoms. The van der Waals surface area contributed by atoms with E-state index in [-0.39, 0.29) is 12.2 Å². The number of ketones is 1. The van der Waals surface area contributed by atoms with Gasteiger partial charge in [0.15, 0.2) is 5.78 Å². The number of Topliss-reactive ketones (excluding diaryl/α,β-unsaturated/α-hetero) is 1. The SMILES string of the molecule is C=C1C=C(c2cc(CC)c(CCC)cc2CC2CC2(F)F)NC=C1C(C)=O. The smallest absolute Gasteiger partial charge is 0.251 e. The fourth-order valence-electron chi connectivity index (χ4n) is 3.77. The second-order valence-electron chi connectivity index (χ2n) is 7.59. The van der Waals surface area contributed by atoms with Crippen LogP contribution < -0.4 is 5.32 Å². The van der Waals surface area contributed by atoms with Gasteiger partial charge in [0.2, 0.25) is 0 Å². The van der Waals surface area contributed by atoms with E-state index in [1.54, 1.807) is 6.20 Å². The number of hydrogen-bond acceptors (Lipinski definition) is 2. The summed E-state index contributed by atoms with van der Waals surface area (Å²) in [5.41, 5.74) is 6.40. The summed E-state index contributed by atoms with van der Waals surface area (Å²) in [5.74, 6) is -3.16. The monoisotopic (exact) mass is 371 g/mol. The number of dihydropyridines is 1. The summed E-state index contributed by atoms with van der Waals surface area (Å²) < 4.78 is 27.1. The van der Waals surface area contributed by atoms with E-state index in [1.165, 1.54) is 18.1 Å². The summed E-state index contributed by atoms with van der Waals surface area (Å²) in [7, 11) is 0. The van der Waals surface area contributed by atoms with Crippen LogP contribution in [-0.2, 0) is 24.1 Å². The van der Waals surface area contributed by atoms with E-state index >= 15 is 0 Å². The number of benzene rings is 1. The average Bonchev–Trinajstić information content (AvgIpc) is 3.21. The zero-order chi connectivity index (χ0) is 19.8. The third-order valence-electron chi connectivity index (χ3n) is 5.45. The number of alkyl halides is 2. The molecule has 1 aromatic carbocycles. The summed E-state index contributed by atoms with van der Waals surface area (Å²) in [5, 5.41) is 3.18. The van der Waals surface area contributed by atoms with Crippen LogP contribution in [0.15, 0.2) is 42.1 Å². The Hall–Kier alpha value is -2.23. The Kier molecular flexibility index (Phi) is 5.36. The molecule has 1 aliphatic carbocycles. The van der Waals surface area contributed by atoms with E-state index in [0.717, 1.165) is 36.1 Å². The highest BCUT2D eigenvalue weighted by Crippen LogP contribution is 2.51. The van der Waals surface area contributed by atoms with Crippen LogP contribution >= 0.6 is 0 Å². The van der Waals surface area contributed by atoms with Gasteiger partial charge in [-0.15, -0.1) is 0 Å². The molecule has 3 rings (SSSR count). The van der Waals surface area contributed by atoms with Gasteiger partial charge in [0, 0.05) is 35.4 Å². The van der Waals surface area contributed by atoms with Crippen molar-refractivity contribution in [3.63, 3.8) is 0 Å². The van der Waals surface area contributed by atoms with Crippen molar-refractivity contribution in [2.24, 2.45) is 5.92 Å². The average molecular weight is 371 g/mol. The van der Waals surface area contributed by atoms with Crippen LogP contribution in [0.3, 0.4) is 0 Å². The van der Waals surface area contributed by atoms with Crippen molar-refractivity contribution in [1.82, 2.24) is 5.32 Å². The molecule has 1 unspecified atom stereocenters. The lowest BCUT2D eigenvalue weighted by molar-refractivity contribution is -0.113. The van der Waals surface area contributed by atoms with Gasteiger partial charge in [-0.25, -0.2) is 8.78 Å². The zero-order valence-corrected chi connectivity index (χ0v) is 16.3. The Morgan fingerprint density at radius 2 is 1.96 bits per heavy atom. The Labute approximate surface area is 160 Å². The first kappa shape index (κ1) is 19.5. The molecule has 1 heterocycles. The van der Waals surface area contributed by atoms with Gasteiger partial charge in [0.1, 0.15) is 0 Å². The fourth-order valence-corrected chi connectivity index (χ4v) is 3.77. The second kappa shape index (κ2) is 7.41. The van der Waals surface area contributed by atoms with E-state index < -0.39 is 11.8 Å². The molecule has 1 N–H and O–H groups in total. The zero-order valence-electron chi connectivity index (χ0n) is 16.3. The number of carbonyl (C=O) groups excluding carboxylic acids is 1. The molecule has 4 heteroatoms. The van der Waals surface area contributed by atoms with Crippen molar-refractivity contribution in [3.8, 4) is 0 Å². The molecule has 0 aromatic heterocycles. The number of nitrogens with one attached hydrogen (secondary N) is 1. The van der Waals surface area contributed by atoms with Crippen molar-refractivity contribution in [2.45, 2.75) is 58.8 Å². The first-order valence-corrected chi connectivity index (χ1v) is 9.68. The molecule has 144 valence electrons. The highest BCUT2D eigenvalue weighted by atomic mass is 19.3. The number of hydrogen-bond donors (Lipinski definition) is 1. The number of carbonyl (C=O) groups is 1. The molecule has 0 radical (unpaired) electrons. The lowest BCUT2D eigenvalue weighted by Crippen LogP contribution is -2.16. The summed E-state index contributed by atoms with van der Waals surface area (Å²) in [6, 6.07) is 4.24. The van der Waals surface area contributed by atoms with Gasteiger partial charge >= 0.3 is 0 Å². The molecule has 27 heavy (non-hydrogen) atoms. The highest BCUT2D eigenvalue weighted by molar-refractivity contribution is 6.00. The Morgan fingerprint density at radius 3 is 2.48 bits per heavy atom. The van der Waals surface area contributed by atoms with Crippen molar-refractivity contribution >= 4 is 11.5 Å². The number of rotatable bonds is 7. The number of allylic oxidation sites excluding steroid dienone is 3. The Morgan fingerprint density at radius 1 is 1.26 bits per heavy atom. The molecule has 0 amide bonds. The normalized spacial score (nSPS) is 20.6. The topological polar surface area (TPSA) is 29.1 Å². The van der Waals surface area contributed by atoms with Crippen LogP contribution in [0.4, 0.5) is 8.78 Å². The van der Waals surface area contributed by atoms with Crippen molar-refractivity contribution < 1.29 is 13.6 Å². The Balaban J connectivity index is 2.01. The maximum absolute atomic E-state index is 13.6. The maximum Gasteiger partial charge on any atom is 0.251 e. The van der Waals surface area contributed by atoms with E-state index in [2.05, 4.69) is 37.9 Å². The van der Waals surface area contributed by atoms with Gasteiger partial charge in [-0.3, -0.25) is 4.79 Å². The largest absolute Gasteiger partial charge is 0.360 e. The summed E-state index contributed by atoms with van der Waals surface area (Å²) in [4.78, 5) is 11.7. The molecule has 2 nitrogen and oxygen atoms in total. The van der Waals surface area contributed by atoms with E-state index in [9.17, 15) is 13.6 Å². The maximum atomic E-state index is 13.6. The molecule has 0 bridgehead atoms. The second-order valence-corrected chi connectivity index (χ2v) is 7.59. The highest BCUT2D eigenvalue weighted by Gasteiger charge is 2.56. The minimum atomic E-state index is -2.54. The molecule has 2 aliphatic rings.